The van der Waals surface area contributed by atoms with Crippen LogP contribution in [0.1, 0.15) is 168 Å². The van der Waals surface area contributed by atoms with E-state index in [-0.39, 0.29) is 50.4 Å². The average molecular weight is 853 g/mol. The first-order chi connectivity index (χ1) is 30.5. The maximum atomic E-state index is 12.8. The Kier molecular flexibility index (Phi) is 45.2. The zero-order valence-electron chi connectivity index (χ0n) is 39.1. The van der Waals surface area contributed by atoms with Gasteiger partial charge in [-0.1, -0.05) is 199 Å². The van der Waals surface area contributed by atoms with Crippen LogP contribution in [0.15, 0.2) is 146 Å². The van der Waals surface area contributed by atoms with E-state index in [2.05, 4.69) is 106 Å². The number of unbranched alkanes of at least 4 members (excludes halogenated alkanes) is 10. The molecule has 0 bridgehead atoms. The molecule has 0 saturated heterocycles. The Hall–Kier alpha value is -4.71. The zero-order valence-corrected chi connectivity index (χ0v) is 39.1. The largest absolute Gasteiger partial charge is 0.462 e. The Morgan fingerprint density at radius 2 is 0.677 bits per heavy atom. The number of esters is 3. The van der Waals surface area contributed by atoms with Crippen molar-refractivity contribution in [1.29, 1.82) is 0 Å². The molecule has 0 amide bonds. The summed E-state index contributed by atoms with van der Waals surface area (Å²) in [5.41, 5.74) is 0. The van der Waals surface area contributed by atoms with Gasteiger partial charge in [0, 0.05) is 19.3 Å². The minimum Gasteiger partial charge on any atom is -0.462 e. The smallest absolute Gasteiger partial charge is 0.306 e. The molecule has 344 valence electrons. The van der Waals surface area contributed by atoms with Gasteiger partial charge in [0.15, 0.2) is 6.10 Å². The predicted octanol–water partition coefficient (Wildman–Crippen LogP) is 15.7. The Morgan fingerprint density at radius 1 is 0.339 bits per heavy atom. The average Bonchev–Trinajstić information content (AvgIpc) is 3.27. The Morgan fingerprint density at radius 3 is 1.18 bits per heavy atom. The molecule has 0 rings (SSSR count). The van der Waals surface area contributed by atoms with Gasteiger partial charge < -0.3 is 14.2 Å². The van der Waals surface area contributed by atoms with Crippen molar-refractivity contribution < 1.29 is 28.6 Å². The number of hydrogen-bond acceptors (Lipinski definition) is 6. The van der Waals surface area contributed by atoms with Gasteiger partial charge in [-0.2, -0.15) is 0 Å². The van der Waals surface area contributed by atoms with Crippen molar-refractivity contribution in [3.05, 3.63) is 146 Å². The van der Waals surface area contributed by atoms with Crippen molar-refractivity contribution >= 4 is 17.9 Å². The second-order valence-corrected chi connectivity index (χ2v) is 15.0. The van der Waals surface area contributed by atoms with Gasteiger partial charge in [0.25, 0.3) is 0 Å². The minimum absolute atomic E-state index is 0.129. The number of carbonyl (C=O) groups is 3. The van der Waals surface area contributed by atoms with Crippen molar-refractivity contribution in [1.82, 2.24) is 0 Å². The molecule has 1 atom stereocenters. The maximum Gasteiger partial charge on any atom is 0.306 e. The number of hydrogen-bond donors (Lipinski definition) is 0. The summed E-state index contributed by atoms with van der Waals surface area (Å²) in [7, 11) is 0. The molecule has 6 heteroatoms. The molecule has 0 spiro atoms. The van der Waals surface area contributed by atoms with E-state index in [1.54, 1.807) is 0 Å². The van der Waals surface area contributed by atoms with Crippen molar-refractivity contribution in [2.24, 2.45) is 0 Å². The molecule has 6 nitrogen and oxygen atoms in total. The molecule has 0 aromatic carbocycles. The van der Waals surface area contributed by atoms with E-state index >= 15 is 0 Å². The quantitative estimate of drug-likeness (QED) is 0.0201. The lowest BCUT2D eigenvalue weighted by Crippen LogP contribution is -2.30. The fourth-order valence-corrected chi connectivity index (χ4v) is 5.74. The molecular formula is C56H84O6. The van der Waals surface area contributed by atoms with E-state index in [9.17, 15) is 14.4 Å². The van der Waals surface area contributed by atoms with Gasteiger partial charge in [-0.05, 0) is 96.3 Å². The third kappa shape index (κ3) is 46.4. The summed E-state index contributed by atoms with van der Waals surface area (Å²) in [6, 6.07) is 0. The first kappa shape index (κ1) is 57.3. The number of rotatable bonds is 40. The molecule has 0 aliphatic carbocycles. The van der Waals surface area contributed by atoms with Gasteiger partial charge >= 0.3 is 17.9 Å². The fraction of sp³-hybridized carbons (Fsp3) is 0.518. The van der Waals surface area contributed by atoms with Gasteiger partial charge in [-0.3, -0.25) is 14.4 Å². The number of ether oxygens (including phenoxy) is 3. The standard InChI is InChI=1S/C56H84O6/c1-4-7-10-13-16-19-22-24-26-28-30-31-34-37-40-43-46-49-55(58)61-52-53(51-60-54(57)48-45-42-39-36-33-21-18-15-12-9-6-3)62-56(59)50-47-44-41-38-35-32-29-27-25-23-20-17-14-11-8-5-2/h7-13,16-22,24-28,30-31,34,36,39,53H,4-6,14-15,23,29,32-33,35,37-38,40-52H2,1-3H3/b10-7-,11-8-,12-9-,16-13-,20-17-,21-18-,22-19-,26-24-,27-25-,30-28+,34-31-,39-36-. The predicted molar refractivity (Wildman–Crippen MR) is 265 cm³/mol. The highest BCUT2D eigenvalue weighted by atomic mass is 16.6. The minimum atomic E-state index is -0.829. The van der Waals surface area contributed by atoms with E-state index in [1.165, 1.54) is 12.8 Å². The van der Waals surface area contributed by atoms with Crippen molar-refractivity contribution in [3.8, 4) is 0 Å². The van der Waals surface area contributed by atoms with Crippen LogP contribution in [0.2, 0.25) is 0 Å². The van der Waals surface area contributed by atoms with Crippen molar-refractivity contribution in [2.75, 3.05) is 13.2 Å². The summed E-state index contributed by atoms with van der Waals surface area (Å²) in [5, 5.41) is 0. The molecule has 0 fully saturated rings. The molecule has 0 radical (unpaired) electrons. The van der Waals surface area contributed by atoms with Crippen LogP contribution < -0.4 is 0 Å². The van der Waals surface area contributed by atoms with Gasteiger partial charge in [0.2, 0.25) is 0 Å². The summed E-state index contributed by atoms with van der Waals surface area (Å²) in [5.74, 6) is -1.05. The van der Waals surface area contributed by atoms with Gasteiger partial charge in [-0.15, -0.1) is 0 Å². The van der Waals surface area contributed by atoms with Crippen LogP contribution >= 0.6 is 0 Å². The lowest BCUT2D eigenvalue weighted by atomic mass is 10.1. The van der Waals surface area contributed by atoms with Gasteiger partial charge in [0.1, 0.15) is 13.2 Å². The van der Waals surface area contributed by atoms with E-state index < -0.39 is 6.10 Å². The first-order valence-corrected chi connectivity index (χ1v) is 23.9. The van der Waals surface area contributed by atoms with Crippen LogP contribution in [-0.4, -0.2) is 37.2 Å². The van der Waals surface area contributed by atoms with E-state index in [4.69, 9.17) is 14.2 Å². The van der Waals surface area contributed by atoms with Crippen LogP contribution in [0, 0.1) is 0 Å². The monoisotopic (exact) mass is 853 g/mol. The lowest BCUT2D eigenvalue weighted by Gasteiger charge is -2.18. The van der Waals surface area contributed by atoms with Gasteiger partial charge in [-0.25, -0.2) is 0 Å². The van der Waals surface area contributed by atoms with Gasteiger partial charge in [0.05, 0.1) is 0 Å². The second kappa shape index (κ2) is 49.0. The van der Waals surface area contributed by atoms with Crippen LogP contribution in [0.5, 0.6) is 0 Å². The number of carbonyl (C=O) groups excluding carboxylic acids is 3. The van der Waals surface area contributed by atoms with Crippen LogP contribution in [-0.2, 0) is 28.6 Å². The molecule has 62 heavy (non-hydrogen) atoms. The van der Waals surface area contributed by atoms with Crippen LogP contribution in [0.25, 0.3) is 0 Å². The summed E-state index contributed by atoms with van der Waals surface area (Å²) in [4.78, 5) is 37.8. The molecule has 0 N–H and O–H groups in total. The summed E-state index contributed by atoms with van der Waals surface area (Å²) < 4.78 is 16.6. The third-order valence-corrected chi connectivity index (χ3v) is 9.23. The fourth-order valence-electron chi connectivity index (χ4n) is 5.74. The molecule has 1 unspecified atom stereocenters. The Labute approximate surface area is 378 Å². The number of allylic oxidation sites excluding steroid dienone is 24. The Balaban J connectivity index is 4.58. The summed E-state index contributed by atoms with van der Waals surface area (Å²) in [6.07, 6.45) is 69.8. The highest BCUT2D eigenvalue weighted by Gasteiger charge is 2.19. The highest BCUT2D eigenvalue weighted by molar-refractivity contribution is 5.71. The molecule has 0 aliphatic rings. The molecule has 0 aliphatic heterocycles. The molecule has 0 aromatic rings. The van der Waals surface area contributed by atoms with E-state index in [1.807, 2.05) is 60.8 Å². The molecule has 0 heterocycles. The first-order valence-electron chi connectivity index (χ1n) is 23.9. The van der Waals surface area contributed by atoms with Crippen molar-refractivity contribution in [3.63, 3.8) is 0 Å². The van der Waals surface area contributed by atoms with E-state index in [0.29, 0.717) is 12.8 Å². The SMILES string of the molecule is CC\C=C/C=C\C=C/C=C\C=C\C=C/CCCCCC(=O)OCC(COC(=O)CCC/C=C\C/C=C\C/C=C\CC)OC(=O)CCCCCCCC/C=C\C/C=C\C/C=C\CC. The highest BCUT2D eigenvalue weighted by Crippen LogP contribution is 2.12. The zero-order chi connectivity index (χ0) is 45.1. The normalized spacial score (nSPS) is 13.4. The van der Waals surface area contributed by atoms with Crippen molar-refractivity contribution in [2.45, 2.75) is 175 Å². The molecule has 0 aromatic heterocycles. The van der Waals surface area contributed by atoms with Crippen LogP contribution in [0.3, 0.4) is 0 Å². The molecular weight excluding hydrogens is 769 g/mol. The lowest BCUT2D eigenvalue weighted by molar-refractivity contribution is -0.167. The topological polar surface area (TPSA) is 78.9 Å². The molecule has 0 saturated carbocycles. The third-order valence-electron chi connectivity index (χ3n) is 9.23. The summed E-state index contributed by atoms with van der Waals surface area (Å²) in [6.45, 7) is 6.13. The van der Waals surface area contributed by atoms with E-state index in [0.717, 1.165) is 103 Å². The second-order valence-electron chi connectivity index (χ2n) is 15.0. The maximum absolute atomic E-state index is 12.8. The van der Waals surface area contributed by atoms with Crippen LogP contribution in [0.4, 0.5) is 0 Å². The Bertz CT molecular complexity index is 1440. The summed E-state index contributed by atoms with van der Waals surface area (Å²) >= 11 is 0.